The summed E-state index contributed by atoms with van der Waals surface area (Å²) in [5, 5.41) is 15.9. The zero-order chi connectivity index (χ0) is 21.6. The number of carbonyl (C=O) groups excluding carboxylic acids is 3. The van der Waals surface area contributed by atoms with E-state index >= 15 is 0 Å². The van der Waals surface area contributed by atoms with Crippen molar-refractivity contribution in [2.45, 2.75) is 20.0 Å². The van der Waals surface area contributed by atoms with Gasteiger partial charge in [0.15, 0.2) is 6.10 Å². The van der Waals surface area contributed by atoms with Crippen molar-refractivity contribution in [1.82, 2.24) is 0 Å². The van der Waals surface area contributed by atoms with E-state index in [-0.39, 0.29) is 28.6 Å². The topological polar surface area (TPSA) is 137 Å². The Morgan fingerprint density at radius 2 is 1.72 bits per heavy atom. The minimum atomic E-state index is -1.14. The number of rotatable bonds is 7. The molecule has 0 radical (unpaired) electrons. The van der Waals surface area contributed by atoms with E-state index in [1.54, 1.807) is 0 Å². The molecule has 0 heterocycles. The van der Waals surface area contributed by atoms with Gasteiger partial charge in [0.1, 0.15) is 5.75 Å². The predicted molar refractivity (Wildman–Crippen MR) is 104 cm³/mol. The van der Waals surface area contributed by atoms with Gasteiger partial charge in [-0.1, -0.05) is 0 Å². The number of hydrogen-bond acceptors (Lipinski definition) is 7. The molecule has 10 heteroatoms. The quantitative estimate of drug-likeness (QED) is 0.413. The van der Waals surface area contributed by atoms with Crippen molar-refractivity contribution in [3.05, 3.63) is 58.1 Å². The molecule has 2 amide bonds. The Labute approximate surface area is 166 Å². The molecule has 2 N–H and O–H groups in total. The van der Waals surface area contributed by atoms with E-state index in [4.69, 9.17) is 9.47 Å². The lowest BCUT2D eigenvalue weighted by Gasteiger charge is -2.15. The molecule has 0 aromatic heterocycles. The highest BCUT2D eigenvalue weighted by molar-refractivity contribution is 5.98. The lowest BCUT2D eigenvalue weighted by atomic mass is 10.2. The molecular weight excluding hydrogens is 382 g/mol. The lowest BCUT2D eigenvalue weighted by Crippen LogP contribution is -2.30. The molecule has 0 aliphatic heterocycles. The molecular formula is C19H19N3O7. The molecule has 2 aromatic rings. The Morgan fingerprint density at radius 1 is 1.07 bits per heavy atom. The van der Waals surface area contributed by atoms with Gasteiger partial charge in [-0.25, -0.2) is 4.79 Å². The van der Waals surface area contributed by atoms with Gasteiger partial charge in [-0.3, -0.25) is 19.7 Å². The molecule has 0 fully saturated rings. The molecule has 2 rings (SSSR count). The fraction of sp³-hybridized carbons (Fsp3) is 0.211. The van der Waals surface area contributed by atoms with Crippen LogP contribution in [0, 0.1) is 10.1 Å². The maximum Gasteiger partial charge on any atom is 0.338 e. The second kappa shape index (κ2) is 9.31. The summed E-state index contributed by atoms with van der Waals surface area (Å²) in [5.74, 6) is -1.51. The van der Waals surface area contributed by atoms with Gasteiger partial charge in [0, 0.05) is 18.7 Å². The SMILES string of the molecule is COc1cc([N+](=O)[O-])ccc1NC(=O)[C@H](C)OC(=O)c1ccc(NC(C)=O)cc1. The first kappa shape index (κ1) is 21.4. The van der Waals surface area contributed by atoms with Gasteiger partial charge in [-0.2, -0.15) is 0 Å². The maximum atomic E-state index is 12.3. The van der Waals surface area contributed by atoms with E-state index in [0.717, 1.165) is 0 Å². The minimum absolute atomic E-state index is 0.0969. The first-order valence-corrected chi connectivity index (χ1v) is 8.43. The van der Waals surface area contributed by atoms with Gasteiger partial charge < -0.3 is 20.1 Å². The number of methoxy groups -OCH3 is 1. The largest absolute Gasteiger partial charge is 0.494 e. The third kappa shape index (κ3) is 5.76. The monoisotopic (exact) mass is 401 g/mol. The smallest absolute Gasteiger partial charge is 0.338 e. The fourth-order valence-corrected chi connectivity index (χ4v) is 2.31. The van der Waals surface area contributed by atoms with Crippen LogP contribution in [0.5, 0.6) is 5.75 Å². The summed E-state index contributed by atoms with van der Waals surface area (Å²) >= 11 is 0. The number of nitrogens with one attached hydrogen (secondary N) is 2. The van der Waals surface area contributed by atoms with Gasteiger partial charge >= 0.3 is 5.97 Å². The normalized spacial score (nSPS) is 11.1. The predicted octanol–water partition coefficient (Wildman–Crippen LogP) is 2.75. The third-order valence-electron chi connectivity index (χ3n) is 3.75. The molecule has 0 spiro atoms. The van der Waals surface area contributed by atoms with Crippen LogP contribution in [0.4, 0.5) is 17.1 Å². The Balaban J connectivity index is 2.02. The third-order valence-corrected chi connectivity index (χ3v) is 3.75. The van der Waals surface area contributed by atoms with Crippen molar-refractivity contribution in [2.75, 3.05) is 17.7 Å². The van der Waals surface area contributed by atoms with E-state index < -0.39 is 22.9 Å². The zero-order valence-electron chi connectivity index (χ0n) is 15.9. The van der Waals surface area contributed by atoms with Crippen molar-refractivity contribution in [2.24, 2.45) is 0 Å². The second-order valence-corrected chi connectivity index (χ2v) is 5.94. The van der Waals surface area contributed by atoms with Crippen LogP contribution in [0.1, 0.15) is 24.2 Å². The van der Waals surface area contributed by atoms with Crippen LogP contribution in [0.25, 0.3) is 0 Å². The molecule has 10 nitrogen and oxygen atoms in total. The van der Waals surface area contributed by atoms with Crippen LogP contribution < -0.4 is 15.4 Å². The van der Waals surface area contributed by atoms with Gasteiger partial charge in [0.05, 0.1) is 29.4 Å². The molecule has 2 aromatic carbocycles. The van der Waals surface area contributed by atoms with Gasteiger partial charge in [0.2, 0.25) is 5.91 Å². The van der Waals surface area contributed by atoms with Crippen molar-refractivity contribution in [3.63, 3.8) is 0 Å². The number of benzene rings is 2. The van der Waals surface area contributed by atoms with E-state index in [1.165, 1.54) is 63.4 Å². The van der Waals surface area contributed by atoms with Crippen LogP contribution in [-0.4, -0.2) is 35.9 Å². The summed E-state index contributed by atoms with van der Waals surface area (Å²) in [6.07, 6.45) is -1.14. The van der Waals surface area contributed by atoms with Gasteiger partial charge in [-0.15, -0.1) is 0 Å². The standard InChI is InChI=1S/C19H19N3O7/c1-11(29-19(25)13-4-6-14(7-5-13)20-12(2)23)18(24)21-16-9-8-15(22(26)27)10-17(16)28-3/h4-11H,1-3H3,(H,20,23)(H,21,24)/t11-/m0/s1. The molecule has 0 aliphatic rings. The van der Waals surface area contributed by atoms with Crippen LogP contribution in [0.2, 0.25) is 0 Å². The lowest BCUT2D eigenvalue weighted by molar-refractivity contribution is -0.384. The molecule has 0 aliphatic carbocycles. The summed E-state index contributed by atoms with van der Waals surface area (Å²) in [6.45, 7) is 2.75. The Morgan fingerprint density at radius 3 is 2.28 bits per heavy atom. The Bertz CT molecular complexity index is 941. The summed E-state index contributed by atoms with van der Waals surface area (Å²) < 4.78 is 10.2. The number of nitrogens with zero attached hydrogens (tertiary/aromatic N) is 1. The van der Waals surface area contributed by atoms with Crippen molar-refractivity contribution in [3.8, 4) is 5.75 Å². The number of non-ortho nitro benzene ring substituents is 1. The average molecular weight is 401 g/mol. The van der Waals surface area contributed by atoms with E-state index in [1.807, 2.05) is 0 Å². The molecule has 0 unspecified atom stereocenters. The summed E-state index contributed by atoms with van der Waals surface area (Å²) in [6, 6.07) is 9.68. The molecule has 0 saturated carbocycles. The Kier molecular flexibility index (Phi) is 6.85. The molecule has 0 bridgehead atoms. The van der Waals surface area contributed by atoms with E-state index in [9.17, 15) is 24.5 Å². The highest BCUT2D eigenvalue weighted by Crippen LogP contribution is 2.29. The summed E-state index contributed by atoms with van der Waals surface area (Å²) in [7, 11) is 1.31. The first-order chi connectivity index (χ1) is 13.7. The molecule has 0 saturated heterocycles. The number of nitro groups is 1. The first-order valence-electron chi connectivity index (χ1n) is 8.43. The fourth-order valence-electron chi connectivity index (χ4n) is 2.31. The van der Waals surface area contributed by atoms with Crippen LogP contribution in [0.3, 0.4) is 0 Å². The molecule has 29 heavy (non-hydrogen) atoms. The van der Waals surface area contributed by atoms with Crippen molar-refractivity contribution >= 4 is 34.8 Å². The van der Waals surface area contributed by atoms with Crippen LogP contribution in [-0.2, 0) is 14.3 Å². The number of anilines is 2. The van der Waals surface area contributed by atoms with Crippen LogP contribution in [0.15, 0.2) is 42.5 Å². The average Bonchev–Trinajstić information content (AvgIpc) is 2.67. The summed E-state index contributed by atoms with van der Waals surface area (Å²) in [5.41, 5.74) is 0.726. The van der Waals surface area contributed by atoms with Gasteiger partial charge in [0.25, 0.3) is 11.6 Å². The van der Waals surface area contributed by atoms with Gasteiger partial charge in [-0.05, 0) is 37.3 Å². The second-order valence-electron chi connectivity index (χ2n) is 5.94. The number of ether oxygens (including phenoxy) is 2. The maximum absolute atomic E-state index is 12.3. The summed E-state index contributed by atoms with van der Waals surface area (Å²) in [4.78, 5) is 45.8. The number of carbonyl (C=O) groups is 3. The number of amides is 2. The molecule has 1 atom stereocenters. The number of esters is 1. The number of nitro benzene ring substituents is 1. The van der Waals surface area contributed by atoms with Crippen molar-refractivity contribution in [1.29, 1.82) is 0 Å². The molecule has 152 valence electrons. The van der Waals surface area contributed by atoms with E-state index in [0.29, 0.717) is 5.69 Å². The Hall–Kier alpha value is -3.95. The van der Waals surface area contributed by atoms with Crippen LogP contribution >= 0.6 is 0 Å². The highest BCUT2D eigenvalue weighted by atomic mass is 16.6. The minimum Gasteiger partial charge on any atom is -0.494 e. The van der Waals surface area contributed by atoms with Crippen molar-refractivity contribution < 1.29 is 28.8 Å². The van der Waals surface area contributed by atoms with E-state index in [2.05, 4.69) is 10.6 Å². The highest BCUT2D eigenvalue weighted by Gasteiger charge is 2.21. The zero-order valence-corrected chi connectivity index (χ0v) is 15.9. The number of hydrogen-bond donors (Lipinski definition) is 2.